The summed E-state index contributed by atoms with van der Waals surface area (Å²) in [5, 5.41) is 0.0651. The van der Waals surface area contributed by atoms with Crippen molar-refractivity contribution in [1.82, 2.24) is 9.97 Å². The minimum absolute atomic E-state index is 0.00589. The van der Waals surface area contributed by atoms with Crippen molar-refractivity contribution in [2.45, 2.75) is 22.6 Å². The van der Waals surface area contributed by atoms with Gasteiger partial charge >= 0.3 is 0 Å². The second-order valence-corrected chi connectivity index (χ2v) is 12.8. The Labute approximate surface area is 222 Å². The van der Waals surface area contributed by atoms with Crippen molar-refractivity contribution >= 4 is 43.1 Å². The Kier molecular flexibility index (Phi) is 6.36. The van der Waals surface area contributed by atoms with E-state index in [1.165, 1.54) is 18.2 Å². The van der Waals surface area contributed by atoms with Gasteiger partial charge in [-0.2, -0.15) is 0 Å². The Bertz CT molecular complexity index is 1850. The van der Waals surface area contributed by atoms with Crippen molar-refractivity contribution in [2.24, 2.45) is 0 Å². The van der Waals surface area contributed by atoms with Gasteiger partial charge in [-0.05, 0) is 60.4 Å². The normalized spacial score (nSPS) is 13.1. The molecule has 38 heavy (non-hydrogen) atoms. The zero-order chi connectivity index (χ0) is 27.4. The van der Waals surface area contributed by atoms with E-state index >= 15 is 0 Å². The van der Waals surface area contributed by atoms with Gasteiger partial charge in [-0.1, -0.05) is 23.7 Å². The van der Waals surface area contributed by atoms with Gasteiger partial charge in [0, 0.05) is 23.4 Å². The lowest BCUT2D eigenvalue weighted by Gasteiger charge is -2.23. The van der Waals surface area contributed by atoms with E-state index in [4.69, 9.17) is 17.3 Å². The van der Waals surface area contributed by atoms with Crippen LogP contribution in [0.4, 0.5) is 20.4 Å². The molecular formula is C25H19ClF2N4O4S2. The lowest BCUT2D eigenvalue weighted by atomic mass is 9.86. The highest BCUT2D eigenvalue weighted by Crippen LogP contribution is 2.43. The summed E-state index contributed by atoms with van der Waals surface area (Å²) in [6, 6.07) is 11.4. The van der Waals surface area contributed by atoms with Crippen LogP contribution in [0.5, 0.6) is 0 Å². The highest BCUT2D eigenvalue weighted by atomic mass is 35.5. The van der Waals surface area contributed by atoms with E-state index in [0.717, 1.165) is 24.0 Å². The number of aromatic nitrogens is 2. The van der Waals surface area contributed by atoms with Gasteiger partial charge in [-0.15, -0.1) is 0 Å². The van der Waals surface area contributed by atoms with Crippen molar-refractivity contribution in [2.75, 3.05) is 16.7 Å². The molecule has 0 atom stereocenters. The summed E-state index contributed by atoms with van der Waals surface area (Å²) in [6.07, 6.45) is 2.09. The molecule has 1 aromatic heterocycles. The number of sulfonamides is 1. The second kappa shape index (κ2) is 9.29. The van der Waals surface area contributed by atoms with Crippen LogP contribution in [0.1, 0.15) is 11.3 Å². The van der Waals surface area contributed by atoms with Gasteiger partial charge in [0.2, 0.25) is 5.95 Å². The number of nitrogens with zero attached hydrogens (tertiary/aromatic N) is 2. The summed E-state index contributed by atoms with van der Waals surface area (Å²) in [5.41, 5.74) is 9.20. The highest BCUT2D eigenvalue weighted by molar-refractivity contribution is 7.92. The first-order valence-corrected chi connectivity index (χ1v) is 14.9. The van der Waals surface area contributed by atoms with E-state index in [9.17, 15) is 25.6 Å². The van der Waals surface area contributed by atoms with Gasteiger partial charge in [0.05, 0.1) is 27.0 Å². The van der Waals surface area contributed by atoms with Crippen LogP contribution in [0, 0.1) is 11.6 Å². The van der Waals surface area contributed by atoms with Crippen molar-refractivity contribution in [1.29, 1.82) is 0 Å². The first kappa shape index (κ1) is 26.0. The molecule has 1 aliphatic carbocycles. The Hall–Kier alpha value is -3.61. The Balaban J connectivity index is 1.67. The summed E-state index contributed by atoms with van der Waals surface area (Å²) < 4.78 is 80.0. The van der Waals surface area contributed by atoms with Gasteiger partial charge in [0.1, 0.15) is 16.5 Å². The number of rotatable bonds is 5. The smallest absolute Gasteiger partial charge is 0.264 e. The van der Waals surface area contributed by atoms with Crippen LogP contribution >= 0.6 is 11.6 Å². The van der Waals surface area contributed by atoms with Crippen molar-refractivity contribution < 1.29 is 25.6 Å². The number of anilines is 2. The average molecular weight is 577 g/mol. The molecule has 0 aliphatic heterocycles. The van der Waals surface area contributed by atoms with Crippen LogP contribution in [-0.2, 0) is 32.7 Å². The number of nitrogens with one attached hydrogen (secondary N) is 1. The molecule has 0 amide bonds. The second-order valence-electron chi connectivity index (χ2n) is 8.72. The zero-order valence-corrected chi connectivity index (χ0v) is 22.1. The molecule has 3 N–H and O–H groups in total. The molecule has 0 radical (unpaired) electrons. The van der Waals surface area contributed by atoms with Gasteiger partial charge in [0.25, 0.3) is 10.0 Å². The topological polar surface area (TPSA) is 132 Å². The molecule has 13 heteroatoms. The van der Waals surface area contributed by atoms with E-state index in [2.05, 4.69) is 14.7 Å². The maximum atomic E-state index is 14.3. The number of nitrogen functional groups attached to an aromatic ring is 1. The number of benzene rings is 3. The quantitative estimate of drug-likeness (QED) is 0.354. The molecular weight excluding hydrogens is 558 g/mol. The highest BCUT2D eigenvalue weighted by Gasteiger charge is 2.27. The maximum Gasteiger partial charge on any atom is 0.264 e. The molecule has 1 aliphatic rings. The standard InChI is InChI=1S/C25H19ClF2N4O4S2/c1-37(33,34)16-4-2-3-14(9-16)24-23-17-12-21(32-38(35,36)22-8-6-15(27)11-19(22)28)18(26)10-13(17)5-7-20(23)30-25(29)31-24/h2-4,6,8-12,32H,5,7H2,1H3,(H2,29,30,31). The molecule has 0 saturated heterocycles. The Morgan fingerprint density at radius 2 is 1.74 bits per heavy atom. The Morgan fingerprint density at radius 3 is 2.45 bits per heavy atom. The third-order valence-corrected chi connectivity index (χ3v) is 8.88. The van der Waals surface area contributed by atoms with Crippen LogP contribution in [0.15, 0.2) is 64.4 Å². The fourth-order valence-corrected chi connectivity index (χ4v) is 6.44. The van der Waals surface area contributed by atoms with Crippen LogP contribution in [0.25, 0.3) is 22.4 Å². The van der Waals surface area contributed by atoms with Gasteiger partial charge in [-0.3, -0.25) is 4.72 Å². The number of hydrogen-bond acceptors (Lipinski definition) is 7. The molecule has 1 heterocycles. The molecule has 0 spiro atoms. The van der Waals surface area contributed by atoms with E-state index in [0.29, 0.717) is 47.0 Å². The van der Waals surface area contributed by atoms with Crippen molar-refractivity contribution in [3.63, 3.8) is 0 Å². The van der Waals surface area contributed by atoms with E-state index in [1.54, 1.807) is 18.2 Å². The molecule has 196 valence electrons. The first-order valence-electron chi connectivity index (χ1n) is 11.1. The predicted octanol–water partition coefficient (Wildman–Crippen LogP) is 4.63. The third-order valence-electron chi connectivity index (χ3n) is 6.06. The number of hydrogen-bond donors (Lipinski definition) is 2. The van der Waals surface area contributed by atoms with Crippen molar-refractivity contribution in [3.8, 4) is 22.4 Å². The number of nitrogens with two attached hydrogens (primary N) is 1. The molecule has 0 fully saturated rings. The average Bonchev–Trinajstić information content (AvgIpc) is 2.83. The van der Waals surface area contributed by atoms with Crippen LogP contribution in [-0.4, -0.2) is 33.1 Å². The van der Waals surface area contributed by atoms with Crippen LogP contribution in [0.2, 0.25) is 5.02 Å². The van der Waals surface area contributed by atoms with E-state index in [1.807, 2.05) is 0 Å². The van der Waals surface area contributed by atoms with E-state index in [-0.39, 0.29) is 21.6 Å². The minimum Gasteiger partial charge on any atom is -0.368 e. The summed E-state index contributed by atoms with van der Waals surface area (Å²) in [4.78, 5) is 8.08. The molecule has 0 saturated carbocycles. The molecule has 0 unspecified atom stereocenters. The molecule has 8 nitrogen and oxygen atoms in total. The van der Waals surface area contributed by atoms with E-state index < -0.39 is 36.4 Å². The summed E-state index contributed by atoms with van der Waals surface area (Å²) in [5.74, 6) is -2.18. The minimum atomic E-state index is -4.47. The molecule has 5 rings (SSSR count). The number of sulfone groups is 1. The number of fused-ring (bicyclic) bond motifs is 3. The third kappa shape index (κ3) is 4.82. The first-order chi connectivity index (χ1) is 17.8. The Morgan fingerprint density at radius 1 is 0.974 bits per heavy atom. The number of halogens is 3. The lowest BCUT2D eigenvalue weighted by molar-refractivity contribution is 0.551. The summed E-state index contributed by atoms with van der Waals surface area (Å²) in [7, 11) is -7.99. The lowest BCUT2D eigenvalue weighted by Crippen LogP contribution is -2.16. The summed E-state index contributed by atoms with van der Waals surface area (Å²) in [6.45, 7) is 0. The predicted molar refractivity (Wildman–Crippen MR) is 140 cm³/mol. The SMILES string of the molecule is CS(=O)(=O)c1cccc(-c2nc(N)nc3c2-c2cc(NS(=O)(=O)c4ccc(F)cc4F)c(Cl)cc2CC3)c1. The largest absolute Gasteiger partial charge is 0.368 e. The molecule has 0 bridgehead atoms. The zero-order valence-electron chi connectivity index (χ0n) is 19.7. The monoisotopic (exact) mass is 576 g/mol. The summed E-state index contributed by atoms with van der Waals surface area (Å²) >= 11 is 6.40. The fourth-order valence-electron chi connectivity index (χ4n) is 4.35. The maximum absolute atomic E-state index is 14.3. The van der Waals surface area contributed by atoms with Gasteiger partial charge in [0.15, 0.2) is 9.84 Å². The van der Waals surface area contributed by atoms with Crippen LogP contribution < -0.4 is 10.5 Å². The van der Waals surface area contributed by atoms with Crippen molar-refractivity contribution in [3.05, 3.63) is 82.5 Å². The number of aryl methyl sites for hydroxylation is 2. The molecule has 4 aromatic rings. The molecule has 3 aromatic carbocycles. The van der Waals surface area contributed by atoms with Gasteiger partial charge in [-0.25, -0.2) is 35.6 Å². The van der Waals surface area contributed by atoms with Gasteiger partial charge < -0.3 is 5.73 Å². The van der Waals surface area contributed by atoms with Crippen LogP contribution in [0.3, 0.4) is 0 Å². The fraction of sp³-hybridized carbons (Fsp3) is 0.120.